The third-order valence-electron chi connectivity index (χ3n) is 2.83. The first-order valence-corrected chi connectivity index (χ1v) is 5.77. The van der Waals surface area contributed by atoms with Crippen LogP contribution in [0.15, 0.2) is 0 Å². The van der Waals surface area contributed by atoms with E-state index >= 15 is 0 Å². The molecule has 5 nitrogen and oxygen atoms in total. The Balaban J connectivity index is 2.31. The number of carbonyl (C=O) groups excluding carboxylic acids is 1. The van der Waals surface area contributed by atoms with E-state index < -0.39 is 5.97 Å². The van der Waals surface area contributed by atoms with Crippen molar-refractivity contribution in [2.45, 2.75) is 19.3 Å². The quantitative estimate of drug-likeness (QED) is 0.657. The van der Waals surface area contributed by atoms with Crippen LogP contribution in [0.3, 0.4) is 0 Å². The maximum Gasteiger partial charge on any atom is 0.317 e. The fourth-order valence-electron chi connectivity index (χ4n) is 2.04. The summed E-state index contributed by atoms with van der Waals surface area (Å²) < 4.78 is 0. The average Bonchev–Trinajstić information content (AvgIpc) is 2.29. The van der Waals surface area contributed by atoms with E-state index in [9.17, 15) is 9.59 Å². The summed E-state index contributed by atoms with van der Waals surface area (Å²) in [5, 5.41) is 11.4. The summed E-state index contributed by atoms with van der Waals surface area (Å²) in [5.74, 6) is 1.81. The number of nitrogens with zero attached hydrogens (tertiary/aromatic N) is 1. The van der Waals surface area contributed by atoms with Gasteiger partial charge in [0.05, 0.1) is 13.0 Å². The van der Waals surface area contributed by atoms with Gasteiger partial charge >= 0.3 is 5.97 Å². The minimum Gasteiger partial charge on any atom is -0.480 e. The molecule has 0 aromatic rings. The van der Waals surface area contributed by atoms with Crippen LogP contribution in [0.4, 0.5) is 0 Å². The largest absolute Gasteiger partial charge is 0.480 e. The number of carboxylic acid groups (broad SMARTS) is 1. The van der Waals surface area contributed by atoms with Crippen LogP contribution >= 0.6 is 0 Å². The van der Waals surface area contributed by atoms with Gasteiger partial charge in [-0.15, -0.1) is 6.42 Å². The van der Waals surface area contributed by atoms with Crippen LogP contribution < -0.4 is 5.32 Å². The van der Waals surface area contributed by atoms with Gasteiger partial charge in [0.25, 0.3) is 0 Å². The molecule has 0 spiro atoms. The highest BCUT2D eigenvalue weighted by Crippen LogP contribution is 2.16. The number of hydrogen-bond acceptors (Lipinski definition) is 3. The first kappa shape index (κ1) is 13.5. The standard InChI is InChI=1S/C12H18N2O3/c1-2-4-11(15)14-6-3-5-10(9-14)7-13-8-12(16)17/h1,10,13H,3-9H2,(H,16,17). The molecule has 94 valence electrons. The van der Waals surface area contributed by atoms with E-state index in [2.05, 4.69) is 11.2 Å². The molecule has 0 saturated carbocycles. The molecule has 1 fully saturated rings. The van der Waals surface area contributed by atoms with Crippen molar-refractivity contribution in [1.29, 1.82) is 0 Å². The van der Waals surface area contributed by atoms with Crippen molar-refractivity contribution in [2.75, 3.05) is 26.2 Å². The Bertz CT molecular complexity index is 322. The molecule has 0 aliphatic carbocycles. The van der Waals surface area contributed by atoms with E-state index in [-0.39, 0.29) is 18.9 Å². The summed E-state index contributed by atoms with van der Waals surface area (Å²) >= 11 is 0. The van der Waals surface area contributed by atoms with Crippen molar-refractivity contribution in [3.8, 4) is 12.3 Å². The van der Waals surface area contributed by atoms with Crippen LogP contribution in [0.25, 0.3) is 0 Å². The smallest absolute Gasteiger partial charge is 0.317 e. The zero-order valence-corrected chi connectivity index (χ0v) is 9.82. The highest BCUT2D eigenvalue weighted by atomic mass is 16.4. The van der Waals surface area contributed by atoms with E-state index in [0.29, 0.717) is 19.0 Å². The molecular weight excluding hydrogens is 220 g/mol. The highest BCUT2D eigenvalue weighted by Gasteiger charge is 2.22. The van der Waals surface area contributed by atoms with E-state index in [4.69, 9.17) is 11.5 Å². The lowest BCUT2D eigenvalue weighted by Gasteiger charge is -2.32. The Labute approximate surface area is 101 Å². The second-order valence-corrected chi connectivity index (χ2v) is 4.25. The van der Waals surface area contributed by atoms with E-state index in [0.717, 1.165) is 19.4 Å². The number of nitrogens with one attached hydrogen (secondary N) is 1. The van der Waals surface area contributed by atoms with Crippen molar-refractivity contribution in [3.63, 3.8) is 0 Å². The lowest BCUT2D eigenvalue weighted by molar-refractivity contribution is -0.136. The summed E-state index contributed by atoms with van der Waals surface area (Å²) in [7, 11) is 0. The molecule has 0 radical (unpaired) electrons. The Hall–Kier alpha value is -1.54. The number of amides is 1. The van der Waals surface area contributed by atoms with Gasteiger partial charge in [-0.1, -0.05) is 5.92 Å². The SMILES string of the molecule is C#CCC(=O)N1CCCC(CNCC(=O)O)C1. The monoisotopic (exact) mass is 238 g/mol. The molecule has 1 heterocycles. The van der Waals surface area contributed by atoms with Gasteiger partial charge in [0.1, 0.15) is 0 Å². The first-order chi connectivity index (χ1) is 8.13. The number of carboxylic acids is 1. The number of carbonyl (C=O) groups is 2. The van der Waals surface area contributed by atoms with Crippen LogP contribution in [0.2, 0.25) is 0 Å². The fourth-order valence-corrected chi connectivity index (χ4v) is 2.04. The number of piperidine rings is 1. The van der Waals surface area contributed by atoms with Crippen LogP contribution in [0, 0.1) is 18.3 Å². The topological polar surface area (TPSA) is 69.6 Å². The lowest BCUT2D eigenvalue weighted by atomic mass is 9.97. The summed E-state index contributed by atoms with van der Waals surface area (Å²) in [6, 6.07) is 0. The van der Waals surface area contributed by atoms with Crippen molar-refractivity contribution < 1.29 is 14.7 Å². The number of terminal acetylenes is 1. The van der Waals surface area contributed by atoms with Crippen molar-refractivity contribution in [3.05, 3.63) is 0 Å². The summed E-state index contributed by atoms with van der Waals surface area (Å²) in [6.45, 7) is 2.03. The molecule has 1 rings (SSSR count). The van der Waals surface area contributed by atoms with Gasteiger partial charge in [0, 0.05) is 19.6 Å². The molecule has 1 aliphatic rings. The van der Waals surface area contributed by atoms with Gasteiger partial charge in [0.15, 0.2) is 0 Å². The normalized spacial score (nSPS) is 19.7. The van der Waals surface area contributed by atoms with Crippen LogP contribution in [0.1, 0.15) is 19.3 Å². The maximum atomic E-state index is 11.6. The Morgan fingerprint density at radius 2 is 2.29 bits per heavy atom. The van der Waals surface area contributed by atoms with Gasteiger partial charge in [-0.3, -0.25) is 9.59 Å². The number of hydrogen-bond donors (Lipinski definition) is 2. The van der Waals surface area contributed by atoms with Crippen molar-refractivity contribution >= 4 is 11.9 Å². The summed E-state index contributed by atoms with van der Waals surface area (Å²) in [6.07, 6.45) is 7.23. The molecule has 1 amide bonds. The lowest BCUT2D eigenvalue weighted by Crippen LogP contribution is -2.43. The van der Waals surface area contributed by atoms with Crippen LogP contribution in [-0.4, -0.2) is 48.1 Å². The highest BCUT2D eigenvalue weighted by molar-refractivity contribution is 5.78. The molecule has 1 saturated heterocycles. The number of likely N-dealkylation sites (tertiary alicyclic amines) is 1. The third kappa shape index (κ3) is 4.87. The minimum absolute atomic E-state index is 0.00423. The van der Waals surface area contributed by atoms with E-state index in [1.165, 1.54) is 0 Å². The first-order valence-electron chi connectivity index (χ1n) is 5.77. The number of rotatable bonds is 5. The average molecular weight is 238 g/mol. The van der Waals surface area contributed by atoms with E-state index in [1.54, 1.807) is 4.90 Å². The zero-order valence-electron chi connectivity index (χ0n) is 9.82. The molecule has 17 heavy (non-hydrogen) atoms. The second-order valence-electron chi connectivity index (χ2n) is 4.25. The van der Waals surface area contributed by atoms with Crippen molar-refractivity contribution in [1.82, 2.24) is 10.2 Å². The predicted octanol–water partition coefficient (Wildman–Crippen LogP) is -0.0775. The molecule has 1 unspecified atom stereocenters. The number of aliphatic carboxylic acids is 1. The molecule has 0 bridgehead atoms. The summed E-state index contributed by atoms with van der Waals surface area (Å²) in [5.41, 5.74) is 0. The van der Waals surface area contributed by atoms with Crippen LogP contribution in [-0.2, 0) is 9.59 Å². The second kappa shape index (κ2) is 6.92. The predicted molar refractivity (Wildman–Crippen MR) is 63.3 cm³/mol. The van der Waals surface area contributed by atoms with Gasteiger partial charge in [-0.05, 0) is 18.8 Å². The Kier molecular flexibility index (Phi) is 5.50. The summed E-state index contributed by atoms with van der Waals surface area (Å²) in [4.78, 5) is 23.7. The Morgan fingerprint density at radius 1 is 1.53 bits per heavy atom. The molecular formula is C12H18N2O3. The minimum atomic E-state index is -0.860. The molecule has 1 aliphatic heterocycles. The molecule has 0 aromatic heterocycles. The molecule has 0 aromatic carbocycles. The van der Waals surface area contributed by atoms with E-state index in [1.807, 2.05) is 0 Å². The Morgan fingerprint density at radius 3 is 2.94 bits per heavy atom. The van der Waals surface area contributed by atoms with Crippen LogP contribution in [0.5, 0.6) is 0 Å². The van der Waals surface area contributed by atoms with Gasteiger partial charge in [-0.25, -0.2) is 0 Å². The van der Waals surface area contributed by atoms with Crippen molar-refractivity contribution in [2.24, 2.45) is 5.92 Å². The van der Waals surface area contributed by atoms with Gasteiger partial charge in [-0.2, -0.15) is 0 Å². The molecule has 1 atom stereocenters. The third-order valence-corrected chi connectivity index (χ3v) is 2.83. The van der Waals surface area contributed by atoms with Gasteiger partial charge in [0.2, 0.25) is 5.91 Å². The fraction of sp³-hybridized carbons (Fsp3) is 0.667. The van der Waals surface area contributed by atoms with Gasteiger partial charge < -0.3 is 15.3 Å². The maximum absolute atomic E-state index is 11.6. The zero-order chi connectivity index (χ0) is 12.7. The molecule has 2 N–H and O–H groups in total. The molecule has 5 heteroatoms.